The second-order valence-corrected chi connectivity index (χ2v) is 23.8. The molecule has 0 bridgehead atoms. The van der Waals surface area contributed by atoms with Crippen LogP contribution in [0.25, 0.3) is 313 Å². The summed E-state index contributed by atoms with van der Waals surface area (Å²) in [7, 11) is 1.71. The second-order valence-electron chi connectivity index (χ2n) is 23.8. The van der Waals surface area contributed by atoms with Crippen molar-refractivity contribution in [3.05, 3.63) is 20.6 Å². The van der Waals surface area contributed by atoms with Crippen LogP contribution in [0.3, 0.4) is 0 Å². The van der Waals surface area contributed by atoms with Crippen molar-refractivity contribution in [1.29, 1.82) is 0 Å². The maximum absolute atomic E-state index is 17.0. The van der Waals surface area contributed by atoms with Crippen LogP contribution in [0, 0.1) is 0 Å². The van der Waals surface area contributed by atoms with Gasteiger partial charge in [-0.15, -0.1) is 0 Å². The molecule has 0 amide bonds. The van der Waals surface area contributed by atoms with Crippen LogP contribution >= 0.6 is 0 Å². The quantitative estimate of drug-likeness (QED) is 0.0983. The number of ether oxygens (including phenoxy) is 2. The molecule has 0 fully saturated rings. The lowest BCUT2D eigenvalue weighted by Crippen LogP contribution is -2.23. The topological polar surface area (TPSA) is 57.5 Å². The van der Waals surface area contributed by atoms with Crippen molar-refractivity contribution in [3.63, 3.8) is 0 Å². The fourth-order valence-electron chi connectivity index (χ4n) is 22.4. The smallest absolute Gasteiger partial charge is 0.261 e. The summed E-state index contributed by atoms with van der Waals surface area (Å²) >= 11 is 0. The van der Waals surface area contributed by atoms with Crippen LogP contribution in [0.4, 0.5) is 0 Å². The van der Waals surface area contributed by atoms with Crippen LogP contribution in [-0.2, 0) is 16.2 Å². The zero-order valence-corrected chi connectivity index (χ0v) is 35.2. The van der Waals surface area contributed by atoms with Crippen molar-refractivity contribution in [3.8, 4) is 0 Å². The van der Waals surface area contributed by atoms with Crippen LogP contribution < -0.4 is 11.0 Å². The van der Waals surface area contributed by atoms with E-state index in [4.69, 9.17) is 9.47 Å². The Morgan fingerprint density at radius 1 is 0.246 bits per heavy atom. The van der Waals surface area contributed by atoms with Crippen molar-refractivity contribution in [2.45, 2.75) is 6.73 Å². The Balaban J connectivity index is 1.24. The fourth-order valence-corrected chi connectivity index (χ4v) is 22.4. The van der Waals surface area contributed by atoms with Crippen LogP contribution in [-0.4, -0.2) is 24.9 Å². The lowest BCUT2D eigenvalue weighted by atomic mass is 9.85. The highest BCUT2D eigenvalue weighted by atomic mass is 16.5. The lowest BCUT2D eigenvalue weighted by Gasteiger charge is -2.21. The van der Waals surface area contributed by atoms with Crippen LogP contribution in [0.5, 0.6) is 0 Å². The third-order valence-electron chi connectivity index (χ3n) is 23.1. The number of hydrogen-bond donors (Lipinski definition) is 0. The Labute approximate surface area is 372 Å². The van der Waals surface area contributed by atoms with Crippen molar-refractivity contribution in [2.75, 3.05) is 20.3 Å². The highest BCUT2D eigenvalue weighted by Crippen LogP contribution is 2.78. The first-order valence-corrected chi connectivity index (χ1v) is 24.9. The Morgan fingerprint density at radius 3 is 0.681 bits per heavy atom. The van der Waals surface area contributed by atoms with Crippen LogP contribution in [0.15, 0.2) is 9.59 Å². The van der Waals surface area contributed by atoms with Crippen molar-refractivity contribution in [2.24, 2.45) is 0 Å². The maximum atomic E-state index is 17.0. The first-order chi connectivity index (χ1) is 34.3. The monoisotopic (exact) mass is 855 g/mol. The van der Waals surface area contributed by atoms with Gasteiger partial charge in [0.15, 0.2) is 5.43 Å². The van der Waals surface area contributed by atoms with Gasteiger partial charge in [-0.05, 0) is 0 Å². The van der Waals surface area contributed by atoms with Crippen LogP contribution in [0.2, 0.25) is 0 Å². The van der Waals surface area contributed by atoms with E-state index >= 15 is 9.59 Å². The number of rotatable bonds is 5. The van der Waals surface area contributed by atoms with E-state index in [0.717, 1.165) is 48.6 Å². The predicted octanol–water partition coefficient (Wildman–Crippen LogP) is 15.8. The van der Waals surface area contributed by atoms with Crippen molar-refractivity contribution >= 4 is 313 Å². The molecule has 0 spiro atoms. The summed E-state index contributed by atoms with van der Waals surface area (Å²) in [5, 5.41) is 77.6. The van der Waals surface area contributed by atoms with Gasteiger partial charge in [0.25, 0.3) is 5.56 Å². The normalized spacial score (nSPS) is 16.9. The van der Waals surface area contributed by atoms with Gasteiger partial charge in [-0.1, -0.05) is 0 Å². The SMILES string of the molecule is COCCOCn1c(=O)c2c3c4c5c(=O)c6c7c5c5c8c4c4c3c3c9c2c2c%10c%11c9c9c3c3c4c4c8c8c5c5c7c7c%12c6c(c6c%12c%12c%13c7c5c5c8c7c4c3c3c9c4c8c3c7c5c%13c8c%12c(c4%11)c6%10)c21. The molecule has 1 aromatic heterocycles. The molecule has 30 rings (SSSR count). The van der Waals surface area contributed by atoms with E-state index in [1.165, 1.54) is 253 Å². The molecule has 5 nitrogen and oxygen atoms in total. The van der Waals surface area contributed by atoms with Gasteiger partial charge in [0.2, 0.25) is 0 Å². The summed E-state index contributed by atoms with van der Waals surface area (Å²) in [4.78, 5) is 33.8. The molecule has 69 heavy (non-hydrogen) atoms. The Morgan fingerprint density at radius 2 is 0.435 bits per heavy atom. The Bertz CT molecular complexity index is 7610. The van der Waals surface area contributed by atoms with Crippen LogP contribution in [0.1, 0.15) is 0 Å². The number of nitrogens with zero attached hydrogens (tertiary/aromatic N) is 1. The van der Waals surface area contributed by atoms with E-state index in [-0.39, 0.29) is 17.7 Å². The molecule has 0 unspecified atom stereocenters. The summed E-state index contributed by atoms with van der Waals surface area (Å²) < 4.78 is 14.3. The highest BCUT2D eigenvalue weighted by Gasteiger charge is 2.50. The van der Waals surface area contributed by atoms with Gasteiger partial charge >= 0.3 is 0 Å². The van der Waals surface area contributed by atoms with E-state index < -0.39 is 0 Å². The van der Waals surface area contributed by atoms with E-state index in [1.807, 2.05) is 0 Å². The van der Waals surface area contributed by atoms with Gasteiger partial charge in [-0.3, -0.25) is 14.2 Å². The van der Waals surface area contributed by atoms with Gasteiger partial charge in [0, 0.05) is 309 Å². The molecule has 30 aromatic rings. The summed E-state index contributed by atoms with van der Waals surface area (Å²) in [6, 6.07) is 0. The molecule has 0 radical (unpaired) electrons. The number of aromatic nitrogens is 1. The van der Waals surface area contributed by atoms with Crippen molar-refractivity contribution in [1.82, 2.24) is 4.57 Å². The number of fused-ring (bicyclic) bond motifs is 6. The molecule has 1 heterocycles. The lowest BCUT2D eigenvalue weighted by molar-refractivity contribution is 0.0349. The molecule has 0 saturated heterocycles. The molecular weight excluding hydrogens is 847 g/mol. The molecule has 294 valence electrons. The fraction of sp³-hybridized carbons (Fsp3) is 0.0625. The minimum absolute atomic E-state index is 0.0138. The maximum Gasteiger partial charge on any atom is 0.261 e. The standard InChI is InChI=1S/C64H9NO4/c1-68-2-3-69-4-65-62-57-49-41-30-21-13-11-5-6-8-10-9-7(5)14-15(11)23-27(21)38-43-33(23)32-22(14)25-18(9)26-19(10)28-24-17(8)20-12(6)16(13)29(30)34-31(20)40-35(24)47-39(28)45-37(26)44-36(25)42(32)51-52(43)60(55(57)46(38)41)63(66)59(51)53(44)54(45)61(64(65)67)56(47)58(62)50(40)48(34)49/h2-4H2,1H3. The zero-order valence-electron chi connectivity index (χ0n) is 35.2. The summed E-state index contributed by atoms with van der Waals surface area (Å²) in [6.07, 6.45) is 0. The Kier molecular flexibility index (Phi) is 2.45. The van der Waals surface area contributed by atoms with Gasteiger partial charge in [-0.2, -0.15) is 0 Å². The number of methoxy groups -OCH3 is 1. The minimum atomic E-state index is 0.0138. The van der Waals surface area contributed by atoms with E-state index in [1.54, 1.807) is 17.9 Å². The first kappa shape index (κ1) is 26.8. The molecule has 0 N–H and O–H groups in total. The first-order valence-electron chi connectivity index (χ1n) is 24.9. The molecule has 0 atom stereocenters. The molecule has 0 aliphatic carbocycles. The van der Waals surface area contributed by atoms with Crippen molar-refractivity contribution < 1.29 is 9.47 Å². The van der Waals surface area contributed by atoms with E-state index in [9.17, 15) is 0 Å². The summed E-state index contributed by atoms with van der Waals surface area (Å²) in [6.45, 7) is 0.930. The molecule has 5 heteroatoms. The number of benzene rings is 18. The van der Waals surface area contributed by atoms with Gasteiger partial charge < -0.3 is 9.47 Å². The van der Waals surface area contributed by atoms with Gasteiger partial charge in [0.05, 0.1) is 24.1 Å². The predicted molar refractivity (Wildman–Crippen MR) is 289 cm³/mol. The number of hydrogen-bond acceptors (Lipinski definition) is 4. The molecule has 0 aliphatic heterocycles. The molecule has 0 aliphatic rings. The summed E-state index contributed by atoms with van der Waals surface area (Å²) in [5.41, 5.74) is 1.16. The van der Waals surface area contributed by atoms with E-state index in [0.29, 0.717) is 13.2 Å². The number of pyridine rings is 1. The van der Waals surface area contributed by atoms with E-state index in [2.05, 4.69) is 4.57 Å². The zero-order chi connectivity index (χ0) is 41.8. The third kappa shape index (κ3) is 1.54. The second kappa shape index (κ2) is 6.32. The summed E-state index contributed by atoms with van der Waals surface area (Å²) in [5.74, 6) is 0. The average molecular weight is 856 g/mol. The largest absolute Gasteiger partial charge is 0.382 e. The highest BCUT2D eigenvalue weighted by molar-refractivity contribution is 6.83. The third-order valence-corrected chi connectivity index (χ3v) is 23.1. The molecular formula is C64H9NO4. The molecule has 0 saturated carbocycles. The minimum Gasteiger partial charge on any atom is -0.382 e. The average Bonchev–Trinajstić information content (AvgIpc) is 4.23. The Hall–Kier alpha value is -8.48. The molecule has 29 aromatic carbocycles. The van der Waals surface area contributed by atoms with Gasteiger partial charge in [-0.25, -0.2) is 0 Å². The van der Waals surface area contributed by atoms with Gasteiger partial charge in [0.1, 0.15) is 6.73 Å².